The molecular weight excluding hydrogens is 374 g/mol. The number of hydrogen-bond donors (Lipinski definition) is 2. The van der Waals surface area contributed by atoms with Crippen LogP contribution in [-0.2, 0) is 14.3 Å². The first-order valence-corrected chi connectivity index (χ1v) is 9.17. The molecule has 0 saturated carbocycles. The predicted octanol–water partition coefficient (Wildman–Crippen LogP) is 2.10. The molecule has 1 saturated heterocycles. The van der Waals surface area contributed by atoms with E-state index >= 15 is 0 Å². The average Bonchev–Trinajstić information content (AvgIpc) is 3.14. The van der Waals surface area contributed by atoms with Crippen molar-refractivity contribution in [3.05, 3.63) is 59.7 Å². The van der Waals surface area contributed by atoms with E-state index < -0.39 is 23.9 Å². The van der Waals surface area contributed by atoms with Crippen LogP contribution in [0.1, 0.15) is 40.5 Å². The van der Waals surface area contributed by atoms with Gasteiger partial charge >= 0.3 is 5.97 Å². The summed E-state index contributed by atoms with van der Waals surface area (Å²) >= 11 is 0. The smallest absolute Gasteiger partial charge is 0.338 e. The third kappa shape index (κ3) is 4.78. The van der Waals surface area contributed by atoms with Gasteiger partial charge in [-0.1, -0.05) is 0 Å². The van der Waals surface area contributed by atoms with E-state index in [0.29, 0.717) is 24.2 Å². The summed E-state index contributed by atoms with van der Waals surface area (Å²) in [4.78, 5) is 49.1. The van der Waals surface area contributed by atoms with E-state index in [9.17, 15) is 19.2 Å². The van der Waals surface area contributed by atoms with Gasteiger partial charge in [0.05, 0.1) is 5.56 Å². The Morgan fingerprint density at radius 3 is 2.21 bits per heavy atom. The Labute approximate surface area is 167 Å². The molecule has 1 fully saturated rings. The van der Waals surface area contributed by atoms with Crippen LogP contribution in [0.5, 0.6) is 0 Å². The first-order valence-electron chi connectivity index (χ1n) is 9.17. The van der Waals surface area contributed by atoms with Crippen molar-refractivity contribution in [1.82, 2.24) is 0 Å². The summed E-state index contributed by atoms with van der Waals surface area (Å²) in [5.41, 5.74) is 6.95. The molecule has 0 radical (unpaired) electrons. The highest BCUT2D eigenvalue weighted by atomic mass is 16.5. The first-order chi connectivity index (χ1) is 13.8. The van der Waals surface area contributed by atoms with Crippen molar-refractivity contribution in [3.8, 4) is 0 Å². The molecule has 8 nitrogen and oxygen atoms in total. The lowest BCUT2D eigenvalue weighted by Crippen LogP contribution is -2.30. The first kappa shape index (κ1) is 20.1. The monoisotopic (exact) mass is 395 g/mol. The zero-order chi connectivity index (χ0) is 21.0. The molecule has 1 heterocycles. The fraction of sp³-hybridized carbons (Fsp3) is 0.238. The Kier molecular flexibility index (Phi) is 5.92. The van der Waals surface area contributed by atoms with Crippen LogP contribution < -0.4 is 16.0 Å². The molecule has 0 spiro atoms. The molecule has 2 aromatic rings. The molecular formula is C21H21N3O5. The summed E-state index contributed by atoms with van der Waals surface area (Å²) in [5.74, 6) is -1.65. The molecule has 0 bridgehead atoms. The molecule has 1 unspecified atom stereocenters. The quantitative estimate of drug-likeness (QED) is 0.726. The van der Waals surface area contributed by atoms with Gasteiger partial charge in [0, 0.05) is 29.9 Å². The molecule has 1 aliphatic rings. The van der Waals surface area contributed by atoms with E-state index in [0.717, 1.165) is 12.1 Å². The number of esters is 1. The predicted molar refractivity (Wildman–Crippen MR) is 106 cm³/mol. The average molecular weight is 395 g/mol. The zero-order valence-electron chi connectivity index (χ0n) is 15.9. The number of carbonyl (C=O) groups is 4. The number of benzene rings is 2. The van der Waals surface area contributed by atoms with Gasteiger partial charge in [-0.15, -0.1) is 0 Å². The number of nitrogens with zero attached hydrogens (tertiary/aromatic N) is 1. The van der Waals surface area contributed by atoms with Crippen LogP contribution in [0.15, 0.2) is 48.5 Å². The molecule has 3 rings (SSSR count). The molecule has 3 N–H and O–H groups in total. The SMILES string of the molecule is CC(OC(=O)c1ccc(N2CCCC2=O)cc1)C(=O)Nc1ccc(C(N)=O)cc1. The van der Waals surface area contributed by atoms with Crippen molar-refractivity contribution in [2.45, 2.75) is 25.9 Å². The summed E-state index contributed by atoms with van der Waals surface area (Å²) in [7, 11) is 0. The summed E-state index contributed by atoms with van der Waals surface area (Å²) in [6, 6.07) is 12.5. The van der Waals surface area contributed by atoms with Gasteiger partial charge in [-0.05, 0) is 61.9 Å². The summed E-state index contributed by atoms with van der Waals surface area (Å²) in [5, 5.41) is 2.60. The summed E-state index contributed by atoms with van der Waals surface area (Å²) in [6.45, 7) is 2.13. The Hall–Kier alpha value is -3.68. The Balaban J connectivity index is 1.57. The minimum atomic E-state index is -1.03. The standard InChI is InChI=1S/C21H21N3O5/c1-13(20(27)23-16-8-4-14(5-9-16)19(22)26)29-21(28)15-6-10-17(11-7-15)24-12-2-3-18(24)25/h4-11,13H,2-3,12H2,1H3,(H2,22,26)(H,23,27). The maximum absolute atomic E-state index is 12.3. The molecule has 0 aliphatic carbocycles. The molecule has 1 atom stereocenters. The molecule has 29 heavy (non-hydrogen) atoms. The van der Waals surface area contributed by atoms with Crippen LogP contribution >= 0.6 is 0 Å². The van der Waals surface area contributed by atoms with Crippen LogP contribution in [0, 0.1) is 0 Å². The highest BCUT2D eigenvalue weighted by Crippen LogP contribution is 2.22. The van der Waals surface area contributed by atoms with Crippen LogP contribution in [-0.4, -0.2) is 36.3 Å². The molecule has 150 valence electrons. The van der Waals surface area contributed by atoms with Crippen molar-refractivity contribution < 1.29 is 23.9 Å². The lowest BCUT2D eigenvalue weighted by molar-refractivity contribution is -0.123. The summed E-state index contributed by atoms with van der Waals surface area (Å²) < 4.78 is 5.21. The van der Waals surface area contributed by atoms with Gasteiger partial charge < -0.3 is 20.7 Å². The summed E-state index contributed by atoms with van der Waals surface area (Å²) in [6.07, 6.45) is 0.320. The van der Waals surface area contributed by atoms with Crippen molar-refractivity contribution in [2.75, 3.05) is 16.8 Å². The molecule has 8 heteroatoms. The van der Waals surface area contributed by atoms with E-state index in [2.05, 4.69) is 5.32 Å². The Bertz CT molecular complexity index is 938. The Morgan fingerprint density at radius 2 is 1.66 bits per heavy atom. The number of anilines is 2. The van der Waals surface area contributed by atoms with Crippen molar-refractivity contribution in [2.24, 2.45) is 5.73 Å². The molecule has 1 aliphatic heterocycles. The number of nitrogens with two attached hydrogens (primary N) is 1. The van der Waals surface area contributed by atoms with E-state index in [1.807, 2.05) is 0 Å². The highest BCUT2D eigenvalue weighted by Gasteiger charge is 2.23. The van der Waals surface area contributed by atoms with Crippen LogP contribution in [0.3, 0.4) is 0 Å². The second-order valence-electron chi connectivity index (χ2n) is 6.67. The lowest BCUT2D eigenvalue weighted by atomic mass is 10.2. The maximum Gasteiger partial charge on any atom is 0.338 e. The van der Waals surface area contributed by atoms with E-state index in [4.69, 9.17) is 10.5 Å². The second kappa shape index (κ2) is 8.55. The third-order valence-corrected chi connectivity index (χ3v) is 4.58. The number of hydrogen-bond acceptors (Lipinski definition) is 5. The number of ether oxygens (including phenoxy) is 1. The minimum absolute atomic E-state index is 0.0643. The van der Waals surface area contributed by atoms with Crippen molar-refractivity contribution in [3.63, 3.8) is 0 Å². The number of primary amides is 1. The fourth-order valence-electron chi connectivity index (χ4n) is 2.94. The van der Waals surface area contributed by atoms with Gasteiger partial charge in [-0.2, -0.15) is 0 Å². The topological polar surface area (TPSA) is 119 Å². The highest BCUT2D eigenvalue weighted by molar-refractivity contribution is 5.99. The van der Waals surface area contributed by atoms with E-state index in [1.165, 1.54) is 31.2 Å². The fourth-order valence-corrected chi connectivity index (χ4v) is 2.94. The molecule has 3 amide bonds. The normalized spacial score (nSPS) is 14.4. The minimum Gasteiger partial charge on any atom is -0.449 e. The van der Waals surface area contributed by atoms with Gasteiger partial charge in [-0.25, -0.2) is 4.79 Å². The number of amides is 3. The van der Waals surface area contributed by atoms with Crippen LogP contribution in [0.25, 0.3) is 0 Å². The van der Waals surface area contributed by atoms with Crippen LogP contribution in [0.2, 0.25) is 0 Å². The van der Waals surface area contributed by atoms with E-state index in [-0.39, 0.29) is 11.5 Å². The largest absolute Gasteiger partial charge is 0.449 e. The van der Waals surface area contributed by atoms with Gasteiger partial charge in [0.15, 0.2) is 6.10 Å². The van der Waals surface area contributed by atoms with Crippen molar-refractivity contribution >= 4 is 35.1 Å². The third-order valence-electron chi connectivity index (χ3n) is 4.58. The molecule has 2 aromatic carbocycles. The lowest BCUT2D eigenvalue weighted by Gasteiger charge is -2.16. The second-order valence-corrected chi connectivity index (χ2v) is 6.67. The number of rotatable bonds is 6. The number of carbonyl (C=O) groups excluding carboxylic acids is 4. The van der Waals surface area contributed by atoms with Gasteiger partial charge in [0.2, 0.25) is 11.8 Å². The maximum atomic E-state index is 12.3. The van der Waals surface area contributed by atoms with Gasteiger partial charge in [0.25, 0.3) is 5.91 Å². The van der Waals surface area contributed by atoms with E-state index in [1.54, 1.807) is 29.2 Å². The zero-order valence-corrected chi connectivity index (χ0v) is 15.9. The van der Waals surface area contributed by atoms with Crippen molar-refractivity contribution in [1.29, 1.82) is 0 Å². The number of nitrogens with one attached hydrogen (secondary N) is 1. The Morgan fingerprint density at radius 1 is 1.03 bits per heavy atom. The molecule has 0 aromatic heterocycles. The van der Waals surface area contributed by atoms with Crippen LogP contribution in [0.4, 0.5) is 11.4 Å². The van der Waals surface area contributed by atoms with Gasteiger partial charge in [0.1, 0.15) is 0 Å². The van der Waals surface area contributed by atoms with Gasteiger partial charge in [-0.3, -0.25) is 14.4 Å².